The minimum absolute atomic E-state index is 0.224. The summed E-state index contributed by atoms with van der Waals surface area (Å²) in [5.74, 6) is 0. The first-order chi connectivity index (χ1) is 7.30. The van der Waals surface area contributed by atoms with E-state index in [9.17, 15) is 13.2 Å². The second-order valence-electron chi connectivity index (χ2n) is 3.76. The summed E-state index contributed by atoms with van der Waals surface area (Å²) in [5, 5.41) is 11.8. The molecule has 0 aliphatic carbocycles. The molecule has 0 fully saturated rings. The van der Waals surface area contributed by atoms with Gasteiger partial charge in [0.15, 0.2) is 0 Å². The van der Waals surface area contributed by atoms with Crippen molar-refractivity contribution in [3.8, 4) is 0 Å². The standard InChI is InChI=1S/C11H14F3NO/c1-7-3-4-9(11(12,13)14)5-10(7)15-6-8(2)16/h3-5,8,15-16H,6H2,1-2H3/t8-/m0/s1. The second kappa shape index (κ2) is 4.74. The molecule has 0 aromatic heterocycles. The molecule has 1 rings (SSSR count). The number of halogens is 3. The molecule has 0 saturated carbocycles. The molecular weight excluding hydrogens is 219 g/mol. The molecule has 0 amide bonds. The number of nitrogens with one attached hydrogen (secondary N) is 1. The van der Waals surface area contributed by atoms with Gasteiger partial charge in [0, 0.05) is 12.2 Å². The number of aryl methyl sites for hydroxylation is 1. The third kappa shape index (κ3) is 3.41. The SMILES string of the molecule is Cc1ccc(C(F)(F)F)cc1NC[C@H](C)O. The predicted octanol–water partition coefficient (Wildman–Crippen LogP) is 2.81. The molecule has 0 aliphatic heterocycles. The van der Waals surface area contributed by atoms with Crippen LogP contribution in [0.2, 0.25) is 0 Å². The molecule has 2 nitrogen and oxygen atoms in total. The quantitative estimate of drug-likeness (QED) is 0.841. The summed E-state index contributed by atoms with van der Waals surface area (Å²) in [6, 6.07) is 3.51. The van der Waals surface area contributed by atoms with E-state index in [1.165, 1.54) is 6.07 Å². The fourth-order valence-electron chi connectivity index (χ4n) is 1.25. The molecule has 0 unspecified atom stereocenters. The lowest BCUT2D eigenvalue weighted by atomic mass is 10.1. The zero-order chi connectivity index (χ0) is 12.3. The van der Waals surface area contributed by atoms with Gasteiger partial charge >= 0.3 is 6.18 Å². The Morgan fingerprint density at radius 2 is 2.00 bits per heavy atom. The summed E-state index contributed by atoms with van der Waals surface area (Å²) in [6.45, 7) is 3.50. The van der Waals surface area contributed by atoms with Crippen molar-refractivity contribution in [2.24, 2.45) is 0 Å². The summed E-state index contributed by atoms with van der Waals surface area (Å²) < 4.78 is 37.3. The topological polar surface area (TPSA) is 32.3 Å². The Balaban J connectivity index is 2.91. The number of aliphatic hydroxyl groups is 1. The Morgan fingerprint density at radius 3 is 2.50 bits per heavy atom. The van der Waals surface area contributed by atoms with E-state index >= 15 is 0 Å². The van der Waals surface area contributed by atoms with Crippen molar-refractivity contribution >= 4 is 5.69 Å². The smallest absolute Gasteiger partial charge is 0.392 e. The molecule has 0 saturated heterocycles. The lowest BCUT2D eigenvalue weighted by Gasteiger charge is -2.14. The molecule has 0 spiro atoms. The van der Waals surface area contributed by atoms with Gasteiger partial charge in [0.25, 0.3) is 0 Å². The van der Waals surface area contributed by atoms with Crippen molar-refractivity contribution < 1.29 is 18.3 Å². The third-order valence-electron chi connectivity index (χ3n) is 2.15. The van der Waals surface area contributed by atoms with E-state index in [-0.39, 0.29) is 6.54 Å². The number of aliphatic hydroxyl groups excluding tert-OH is 1. The summed E-state index contributed by atoms with van der Waals surface area (Å²) >= 11 is 0. The average Bonchev–Trinajstić information content (AvgIpc) is 2.14. The van der Waals surface area contributed by atoms with Gasteiger partial charge in [-0.3, -0.25) is 0 Å². The minimum atomic E-state index is -4.34. The highest BCUT2D eigenvalue weighted by Crippen LogP contribution is 2.31. The van der Waals surface area contributed by atoms with Gasteiger partial charge in [0.1, 0.15) is 0 Å². The van der Waals surface area contributed by atoms with E-state index < -0.39 is 17.8 Å². The summed E-state index contributed by atoms with van der Waals surface area (Å²) in [7, 11) is 0. The maximum absolute atomic E-state index is 12.4. The van der Waals surface area contributed by atoms with Crippen LogP contribution < -0.4 is 5.32 Å². The first kappa shape index (κ1) is 12.8. The minimum Gasteiger partial charge on any atom is -0.392 e. The Morgan fingerprint density at radius 1 is 1.38 bits per heavy atom. The molecule has 1 aromatic carbocycles. The van der Waals surface area contributed by atoms with Gasteiger partial charge in [-0.05, 0) is 31.5 Å². The van der Waals surface area contributed by atoms with Gasteiger partial charge in [-0.15, -0.1) is 0 Å². The van der Waals surface area contributed by atoms with E-state index in [1.807, 2.05) is 0 Å². The second-order valence-corrected chi connectivity index (χ2v) is 3.76. The third-order valence-corrected chi connectivity index (χ3v) is 2.15. The number of anilines is 1. The van der Waals surface area contributed by atoms with Crippen LogP contribution in [-0.2, 0) is 6.18 Å². The number of benzene rings is 1. The number of hydrogen-bond donors (Lipinski definition) is 2. The van der Waals surface area contributed by atoms with Crippen molar-refractivity contribution in [2.45, 2.75) is 26.1 Å². The fourth-order valence-corrected chi connectivity index (χ4v) is 1.25. The molecule has 90 valence electrons. The van der Waals surface area contributed by atoms with Crippen molar-refractivity contribution in [3.63, 3.8) is 0 Å². The van der Waals surface area contributed by atoms with Crippen LogP contribution in [0.1, 0.15) is 18.1 Å². The number of hydrogen-bond acceptors (Lipinski definition) is 2. The Kier molecular flexibility index (Phi) is 3.80. The first-order valence-electron chi connectivity index (χ1n) is 4.90. The highest BCUT2D eigenvalue weighted by atomic mass is 19.4. The van der Waals surface area contributed by atoms with Crippen LogP contribution in [0.3, 0.4) is 0 Å². The molecule has 1 atom stereocenters. The van der Waals surface area contributed by atoms with Gasteiger partial charge in [0.2, 0.25) is 0 Å². The Hall–Kier alpha value is -1.23. The van der Waals surface area contributed by atoms with Crippen LogP contribution in [-0.4, -0.2) is 17.8 Å². The lowest BCUT2D eigenvalue weighted by molar-refractivity contribution is -0.137. The largest absolute Gasteiger partial charge is 0.416 e. The van der Waals surface area contributed by atoms with Crippen molar-refractivity contribution in [1.82, 2.24) is 0 Å². The van der Waals surface area contributed by atoms with Gasteiger partial charge in [-0.25, -0.2) is 0 Å². The normalized spacial score (nSPS) is 13.6. The molecule has 1 aromatic rings. The van der Waals surface area contributed by atoms with E-state index in [1.54, 1.807) is 13.8 Å². The van der Waals surface area contributed by atoms with E-state index in [0.717, 1.165) is 12.1 Å². The van der Waals surface area contributed by atoms with Crippen LogP contribution in [0, 0.1) is 6.92 Å². The zero-order valence-corrected chi connectivity index (χ0v) is 9.10. The van der Waals surface area contributed by atoms with E-state index in [4.69, 9.17) is 5.11 Å². The van der Waals surface area contributed by atoms with Crippen molar-refractivity contribution in [2.75, 3.05) is 11.9 Å². The van der Waals surface area contributed by atoms with Crippen LogP contribution >= 0.6 is 0 Å². The molecule has 0 heterocycles. The predicted molar refractivity (Wildman–Crippen MR) is 56.4 cm³/mol. The van der Waals surface area contributed by atoms with Gasteiger partial charge in [-0.2, -0.15) is 13.2 Å². The molecule has 0 radical (unpaired) electrons. The molecular formula is C11H14F3NO. The summed E-state index contributed by atoms with van der Waals surface area (Å²) in [4.78, 5) is 0. The highest BCUT2D eigenvalue weighted by molar-refractivity contribution is 5.53. The Labute approximate surface area is 92.1 Å². The number of alkyl halides is 3. The fraction of sp³-hybridized carbons (Fsp3) is 0.455. The lowest BCUT2D eigenvalue weighted by Crippen LogP contribution is -2.16. The highest BCUT2D eigenvalue weighted by Gasteiger charge is 2.30. The summed E-state index contributed by atoms with van der Waals surface area (Å²) in [6.07, 6.45) is -4.94. The molecule has 0 bridgehead atoms. The van der Waals surface area contributed by atoms with Gasteiger partial charge < -0.3 is 10.4 Å². The van der Waals surface area contributed by atoms with Crippen LogP contribution in [0.5, 0.6) is 0 Å². The Bertz CT molecular complexity index is 361. The molecule has 16 heavy (non-hydrogen) atoms. The molecule has 2 N–H and O–H groups in total. The van der Waals surface area contributed by atoms with Crippen LogP contribution in [0.15, 0.2) is 18.2 Å². The number of rotatable bonds is 3. The van der Waals surface area contributed by atoms with Crippen molar-refractivity contribution in [3.05, 3.63) is 29.3 Å². The maximum Gasteiger partial charge on any atom is 0.416 e. The average molecular weight is 233 g/mol. The zero-order valence-electron chi connectivity index (χ0n) is 9.10. The van der Waals surface area contributed by atoms with Crippen molar-refractivity contribution in [1.29, 1.82) is 0 Å². The first-order valence-corrected chi connectivity index (χ1v) is 4.90. The van der Waals surface area contributed by atoms with Crippen LogP contribution in [0.25, 0.3) is 0 Å². The maximum atomic E-state index is 12.4. The molecule has 5 heteroatoms. The van der Waals surface area contributed by atoms with E-state index in [0.29, 0.717) is 11.3 Å². The van der Waals surface area contributed by atoms with Crippen LogP contribution in [0.4, 0.5) is 18.9 Å². The van der Waals surface area contributed by atoms with Gasteiger partial charge in [0.05, 0.1) is 11.7 Å². The summed E-state index contributed by atoms with van der Waals surface area (Å²) in [5.41, 5.74) is 0.426. The van der Waals surface area contributed by atoms with Gasteiger partial charge in [-0.1, -0.05) is 6.07 Å². The molecule has 0 aliphatic rings. The van der Waals surface area contributed by atoms with E-state index in [2.05, 4.69) is 5.32 Å². The monoisotopic (exact) mass is 233 g/mol.